The molecule has 1 atom stereocenters. The topological polar surface area (TPSA) is 114 Å². The third-order valence-electron chi connectivity index (χ3n) is 3.31. The Morgan fingerprint density at radius 3 is 2.64 bits per heavy atom. The van der Waals surface area contributed by atoms with E-state index in [2.05, 4.69) is 25.6 Å². The van der Waals surface area contributed by atoms with Crippen LogP contribution in [0.5, 0.6) is 0 Å². The molecule has 2 heterocycles. The molecule has 22 heavy (non-hydrogen) atoms. The number of nitrogens with two attached hydrogens (primary N) is 2. The summed E-state index contributed by atoms with van der Waals surface area (Å²) in [6, 6.07) is 13.2. The van der Waals surface area contributed by atoms with Crippen molar-refractivity contribution in [1.82, 2.24) is 10.3 Å². The summed E-state index contributed by atoms with van der Waals surface area (Å²) in [7, 11) is 1.79. The number of hydrogen-bond acceptors (Lipinski definition) is 7. The quantitative estimate of drug-likeness (QED) is 0.660. The summed E-state index contributed by atoms with van der Waals surface area (Å²) in [4.78, 5) is 13.0. The fourth-order valence-electron chi connectivity index (χ4n) is 2.21. The number of rotatable bonds is 3. The molecule has 1 aromatic carbocycles. The molecule has 0 amide bonds. The zero-order chi connectivity index (χ0) is 15.6. The Hall–Kier alpha value is -2.93. The molecule has 3 rings (SSSR count). The third kappa shape index (κ3) is 2.61. The minimum Gasteiger partial charge on any atom is -0.373 e. The summed E-state index contributed by atoms with van der Waals surface area (Å²) in [5.74, 6) is 0.207. The molecule has 1 aliphatic heterocycles. The maximum atomic E-state index is 6.37. The van der Waals surface area contributed by atoms with Gasteiger partial charge in [-0.2, -0.15) is 0 Å². The number of hydrogen-bond donors (Lipinski definition) is 4. The van der Waals surface area contributed by atoms with Crippen molar-refractivity contribution >= 4 is 17.6 Å². The largest absolute Gasteiger partial charge is 0.373 e. The lowest BCUT2D eigenvalue weighted by molar-refractivity contribution is 0.485. The second-order valence-electron chi connectivity index (χ2n) is 4.85. The van der Waals surface area contributed by atoms with Gasteiger partial charge in [-0.15, -0.1) is 0 Å². The zero-order valence-corrected chi connectivity index (χ0v) is 12.1. The monoisotopic (exact) mass is 295 g/mol. The SMILES string of the molecule is CNc1cc(C2(N)N=C(N)NC(c3ccccc3)=N2)ccn1. The lowest BCUT2D eigenvalue weighted by Gasteiger charge is -2.28. The minimum absolute atomic E-state index is 0.221. The summed E-state index contributed by atoms with van der Waals surface area (Å²) in [6.45, 7) is 0. The van der Waals surface area contributed by atoms with Gasteiger partial charge in [0.05, 0.1) is 0 Å². The van der Waals surface area contributed by atoms with Gasteiger partial charge in [0, 0.05) is 24.4 Å². The lowest BCUT2D eigenvalue weighted by Crippen LogP contribution is -2.48. The zero-order valence-electron chi connectivity index (χ0n) is 12.1. The molecule has 112 valence electrons. The van der Waals surface area contributed by atoms with Gasteiger partial charge in [-0.1, -0.05) is 30.3 Å². The first kappa shape index (κ1) is 14.0. The van der Waals surface area contributed by atoms with Crippen LogP contribution in [0.15, 0.2) is 58.6 Å². The highest BCUT2D eigenvalue weighted by atomic mass is 15.3. The normalized spacial score (nSPS) is 20.6. The second-order valence-corrected chi connectivity index (χ2v) is 4.85. The van der Waals surface area contributed by atoms with E-state index in [0.29, 0.717) is 17.2 Å². The van der Waals surface area contributed by atoms with Gasteiger partial charge in [0.1, 0.15) is 11.7 Å². The second kappa shape index (κ2) is 5.45. The number of aromatic nitrogens is 1. The number of guanidine groups is 1. The van der Waals surface area contributed by atoms with Gasteiger partial charge in [-0.3, -0.25) is 5.73 Å². The van der Waals surface area contributed by atoms with Crippen molar-refractivity contribution in [3.8, 4) is 0 Å². The molecule has 0 spiro atoms. The van der Waals surface area contributed by atoms with E-state index < -0.39 is 5.79 Å². The molecule has 0 radical (unpaired) electrons. The van der Waals surface area contributed by atoms with Crippen LogP contribution in [0.1, 0.15) is 11.1 Å². The standard InChI is InChI=1S/C15H17N7/c1-18-12-9-11(7-8-19-12)15(17)21-13(20-14(16)22-15)10-5-3-2-4-6-10/h2-9H,17H2,1H3,(H,18,19)(H3,16,20,21,22). The first-order valence-electron chi connectivity index (χ1n) is 6.81. The Balaban J connectivity index is 2.07. The van der Waals surface area contributed by atoms with E-state index in [1.54, 1.807) is 25.4 Å². The van der Waals surface area contributed by atoms with Gasteiger partial charge in [0.25, 0.3) is 0 Å². The predicted molar refractivity (Wildman–Crippen MR) is 87.4 cm³/mol. The fraction of sp³-hybridized carbons (Fsp3) is 0.133. The Morgan fingerprint density at radius 1 is 1.14 bits per heavy atom. The summed E-state index contributed by atoms with van der Waals surface area (Å²) >= 11 is 0. The number of amidine groups is 1. The smallest absolute Gasteiger partial charge is 0.234 e. The molecule has 0 fully saturated rings. The van der Waals surface area contributed by atoms with Crippen LogP contribution in [0.4, 0.5) is 5.82 Å². The van der Waals surface area contributed by atoms with Crippen molar-refractivity contribution < 1.29 is 0 Å². The maximum absolute atomic E-state index is 6.37. The molecular weight excluding hydrogens is 278 g/mol. The first-order valence-corrected chi connectivity index (χ1v) is 6.81. The van der Waals surface area contributed by atoms with Crippen molar-refractivity contribution in [3.63, 3.8) is 0 Å². The average molecular weight is 295 g/mol. The number of benzene rings is 1. The van der Waals surface area contributed by atoms with Gasteiger partial charge in [-0.25, -0.2) is 15.0 Å². The van der Waals surface area contributed by atoms with Crippen LogP contribution in [0.25, 0.3) is 0 Å². The fourth-order valence-corrected chi connectivity index (χ4v) is 2.21. The van der Waals surface area contributed by atoms with Gasteiger partial charge in [0.15, 0.2) is 5.96 Å². The molecule has 1 unspecified atom stereocenters. The van der Waals surface area contributed by atoms with Crippen molar-refractivity contribution in [2.24, 2.45) is 21.5 Å². The predicted octanol–water partition coefficient (Wildman–Crippen LogP) is 0.557. The van der Waals surface area contributed by atoms with Crippen molar-refractivity contribution in [3.05, 3.63) is 59.8 Å². The minimum atomic E-state index is -1.28. The lowest BCUT2D eigenvalue weighted by atomic mass is 10.1. The number of pyridine rings is 1. The molecular formula is C15H17N7. The van der Waals surface area contributed by atoms with E-state index in [4.69, 9.17) is 11.5 Å². The molecule has 0 saturated heterocycles. The third-order valence-corrected chi connectivity index (χ3v) is 3.31. The Morgan fingerprint density at radius 2 is 1.91 bits per heavy atom. The van der Waals surface area contributed by atoms with E-state index in [0.717, 1.165) is 5.56 Å². The highest BCUT2D eigenvalue weighted by molar-refractivity contribution is 6.09. The van der Waals surface area contributed by atoms with Gasteiger partial charge < -0.3 is 16.4 Å². The van der Waals surface area contributed by atoms with Crippen LogP contribution >= 0.6 is 0 Å². The molecule has 7 nitrogen and oxygen atoms in total. The summed E-state index contributed by atoms with van der Waals surface area (Å²) < 4.78 is 0. The Bertz CT molecular complexity index is 739. The molecule has 0 aliphatic carbocycles. The number of nitrogens with one attached hydrogen (secondary N) is 2. The molecule has 2 aromatic rings. The van der Waals surface area contributed by atoms with Gasteiger partial charge >= 0.3 is 0 Å². The van der Waals surface area contributed by atoms with E-state index in [9.17, 15) is 0 Å². The van der Waals surface area contributed by atoms with Gasteiger partial charge in [-0.05, 0) is 12.1 Å². The van der Waals surface area contributed by atoms with E-state index >= 15 is 0 Å². The molecule has 1 aliphatic rings. The number of nitrogens with zero attached hydrogens (tertiary/aromatic N) is 3. The summed E-state index contributed by atoms with van der Waals surface area (Å²) in [5, 5.41) is 5.92. The molecule has 0 saturated carbocycles. The summed E-state index contributed by atoms with van der Waals surface area (Å²) in [5.41, 5.74) is 13.9. The Labute approximate surface area is 128 Å². The van der Waals surface area contributed by atoms with Crippen LogP contribution in [-0.2, 0) is 5.79 Å². The van der Waals surface area contributed by atoms with Crippen LogP contribution < -0.4 is 22.1 Å². The van der Waals surface area contributed by atoms with Crippen molar-refractivity contribution in [1.29, 1.82) is 0 Å². The van der Waals surface area contributed by atoms with E-state index in [1.807, 2.05) is 30.3 Å². The Kier molecular flexibility index (Phi) is 3.48. The van der Waals surface area contributed by atoms with Crippen molar-refractivity contribution in [2.75, 3.05) is 12.4 Å². The van der Waals surface area contributed by atoms with Crippen LogP contribution in [0, 0.1) is 0 Å². The summed E-state index contributed by atoms with van der Waals surface area (Å²) in [6.07, 6.45) is 1.65. The molecule has 1 aromatic heterocycles. The van der Waals surface area contributed by atoms with Gasteiger partial charge in [0.2, 0.25) is 5.79 Å². The van der Waals surface area contributed by atoms with Crippen molar-refractivity contribution in [2.45, 2.75) is 5.79 Å². The molecule has 6 N–H and O–H groups in total. The molecule has 0 bridgehead atoms. The van der Waals surface area contributed by atoms with Crippen LogP contribution in [0.2, 0.25) is 0 Å². The highest BCUT2D eigenvalue weighted by Gasteiger charge is 2.31. The molecule has 7 heteroatoms. The number of aliphatic imine (C=N–C) groups is 2. The van der Waals surface area contributed by atoms with E-state index in [1.165, 1.54) is 0 Å². The first-order chi connectivity index (χ1) is 10.6. The highest BCUT2D eigenvalue weighted by Crippen LogP contribution is 2.25. The number of anilines is 1. The van der Waals surface area contributed by atoms with Crippen LogP contribution in [0.3, 0.4) is 0 Å². The van der Waals surface area contributed by atoms with Crippen LogP contribution in [-0.4, -0.2) is 23.8 Å². The van der Waals surface area contributed by atoms with E-state index in [-0.39, 0.29) is 5.96 Å². The maximum Gasteiger partial charge on any atom is 0.234 e. The average Bonchev–Trinajstić information content (AvgIpc) is 2.55.